The molecule has 1 atom stereocenters. The van der Waals surface area contributed by atoms with Gasteiger partial charge in [0.1, 0.15) is 6.04 Å². The number of carbonyl (C=O) groups excluding carboxylic acids is 1. The van der Waals surface area contributed by atoms with E-state index in [2.05, 4.69) is 5.32 Å². The molecule has 0 saturated carbocycles. The van der Waals surface area contributed by atoms with E-state index >= 15 is 0 Å². The fourth-order valence-electron chi connectivity index (χ4n) is 0.632. The fraction of sp³-hybridized carbons (Fsp3) is 0.857. The summed E-state index contributed by atoms with van der Waals surface area (Å²) in [6.45, 7) is 4.30. The van der Waals surface area contributed by atoms with Gasteiger partial charge >= 0.3 is 5.97 Å². The van der Waals surface area contributed by atoms with Gasteiger partial charge in [0.25, 0.3) is 0 Å². The van der Waals surface area contributed by atoms with Crippen molar-refractivity contribution in [3.8, 4) is 0 Å². The van der Waals surface area contributed by atoms with E-state index in [0.717, 1.165) is 0 Å². The third-order valence-corrected chi connectivity index (χ3v) is 1.20. The average Bonchev–Trinajstić information content (AvgIpc) is 2.00. The van der Waals surface area contributed by atoms with Crippen molar-refractivity contribution in [2.75, 3.05) is 19.8 Å². The molecular formula is C7H15NO3. The first-order valence-corrected chi connectivity index (χ1v) is 3.73. The van der Waals surface area contributed by atoms with Crippen LogP contribution in [0.5, 0.6) is 0 Å². The van der Waals surface area contributed by atoms with Crippen LogP contribution < -0.4 is 5.32 Å². The van der Waals surface area contributed by atoms with Crippen LogP contribution in [0.2, 0.25) is 0 Å². The first-order valence-electron chi connectivity index (χ1n) is 3.73. The predicted octanol–water partition coefficient (Wildman–Crippen LogP) is -0.480. The maximum Gasteiger partial charge on any atom is 0.322 e. The van der Waals surface area contributed by atoms with Crippen molar-refractivity contribution in [3.63, 3.8) is 0 Å². The average molecular weight is 161 g/mol. The minimum Gasteiger partial charge on any atom is -0.465 e. The summed E-state index contributed by atoms with van der Waals surface area (Å²) in [5.41, 5.74) is 0. The van der Waals surface area contributed by atoms with E-state index in [1.807, 2.05) is 0 Å². The smallest absolute Gasteiger partial charge is 0.322 e. The van der Waals surface area contributed by atoms with E-state index < -0.39 is 0 Å². The largest absolute Gasteiger partial charge is 0.465 e. The highest BCUT2D eigenvalue weighted by atomic mass is 16.5. The number of nitrogens with one attached hydrogen (secondary N) is 1. The lowest BCUT2D eigenvalue weighted by molar-refractivity contribution is -0.145. The summed E-state index contributed by atoms with van der Waals surface area (Å²) in [5, 5.41) is 11.2. The number of aliphatic hydroxyl groups excluding tert-OH is 1. The highest BCUT2D eigenvalue weighted by molar-refractivity contribution is 5.75. The zero-order chi connectivity index (χ0) is 8.69. The van der Waals surface area contributed by atoms with Crippen molar-refractivity contribution < 1.29 is 14.6 Å². The fourth-order valence-corrected chi connectivity index (χ4v) is 0.632. The second-order valence-electron chi connectivity index (χ2n) is 2.15. The van der Waals surface area contributed by atoms with Gasteiger partial charge in [-0.15, -0.1) is 0 Å². The molecule has 0 spiro atoms. The number of aliphatic hydroxyl groups is 1. The van der Waals surface area contributed by atoms with E-state index in [1.54, 1.807) is 13.8 Å². The third-order valence-electron chi connectivity index (χ3n) is 1.20. The lowest BCUT2D eigenvalue weighted by Crippen LogP contribution is -2.36. The highest BCUT2D eigenvalue weighted by Gasteiger charge is 2.11. The van der Waals surface area contributed by atoms with Crippen molar-refractivity contribution in [2.45, 2.75) is 19.9 Å². The second kappa shape index (κ2) is 6.12. The third kappa shape index (κ3) is 4.75. The molecule has 0 unspecified atom stereocenters. The standard InChI is InChI=1S/C7H15NO3/c1-3-11-7(10)6(2)8-4-5-9/h6,8-9H,3-5H2,1-2H3/t6-/m0/s1. The maximum absolute atomic E-state index is 10.9. The summed E-state index contributed by atoms with van der Waals surface area (Å²) in [6, 6.07) is -0.331. The van der Waals surface area contributed by atoms with Gasteiger partial charge < -0.3 is 15.2 Å². The van der Waals surface area contributed by atoms with E-state index in [0.29, 0.717) is 13.2 Å². The first kappa shape index (κ1) is 10.4. The van der Waals surface area contributed by atoms with Gasteiger partial charge in [0, 0.05) is 6.54 Å². The number of carbonyl (C=O) groups is 1. The number of ether oxygens (including phenoxy) is 1. The Labute approximate surface area is 66.5 Å². The summed E-state index contributed by atoms with van der Waals surface area (Å²) < 4.78 is 4.72. The molecule has 0 bridgehead atoms. The SMILES string of the molecule is CCOC(=O)[C@H](C)NCCO. The minimum absolute atomic E-state index is 0.0315. The molecule has 0 radical (unpaired) electrons. The van der Waals surface area contributed by atoms with E-state index in [1.165, 1.54) is 0 Å². The zero-order valence-corrected chi connectivity index (χ0v) is 6.96. The van der Waals surface area contributed by atoms with Gasteiger partial charge in [0.05, 0.1) is 13.2 Å². The molecule has 0 aromatic rings. The van der Waals surface area contributed by atoms with Crippen LogP contribution in [-0.2, 0) is 9.53 Å². The van der Waals surface area contributed by atoms with Crippen molar-refractivity contribution in [1.29, 1.82) is 0 Å². The summed E-state index contributed by atoms with van der Waals surface area (Å²) in [5.74, 6) is -0.277. The van der Waals surface area contributed by atoms with Crippen molar-refractivity contribution in [1.82, 2.24) is 5.32 Å². The Bertz CT molecular complexity index is 116. The van der Waals surface area contributed by atoms with Crippen LogP contribution in [-0.4, -0.2) is 36.9 Å². The van der Waals surface area contributed by atoms with Crippen LogP contribution in [0.4, 0.5) is 0 Å². The van der Waals surface area contributed by atoms with Crippen LogP contribution in [0.15, 0.2) is 0 Å². The Morgan fingerprint density at radius 3 is 2.82 bits per heavy atom. The van der Waals surface area contributed by atoms with Gasteiger partial charge in [-0.1, -0.05) is 0 Å². The maximum atomic E-state index is 10.9. The summed E-state index contributed by atoms with van der Waals surface area (Å²) in [4.78, 5) is 10.9. The normalized spacial score (nSPS) is 12.6. The van der Waals surface area contributed by atoms with Gasteiger partial charge in [-0.25, -0.2) is 0 Å². The Morgan fingerprint density at radius 2 is 2.36 bits per heavy atom. The lowest BCUT2D eigenvalue weighted by atomic mass is 10.3. The summed E-state index contributed by atoms with van der Waals surface area (Å²) in [6.07, 6.45) is 0. The molecule has 0 aliphatic carbocycles. The Balaban J connectivity index is 3.46. The molecule has 0 heterocycles. The van der Waals surface area contributed by atoms with Gasteiger partial charge in [0.15, 0.2) is 0 Å². The summed E-state index contributed by atoms with van der Waals surface area (Å²) in [7, 11) is 0. The number of rotatable bonds is 5. The predicted molar refractivity (Wildman–Crippen MR) is 41.2 cm³/mol. The van der Waals surface area contributed by atoms with E-state index in [9.17, 15) is 4.79 Å². The Kier molecular flexibility index (Phi) is 5.78. The molecule has 11 heavy (non-hydrogen) atoms. The monoisotopic (exact) mass is 161 g/mol. The van der Waals surface area contributed by atoms with Crippen LogP contribution in [0.25, 0.3) is 0 Å². The van der Waals surface area contributed by atoms with Crippen LogP contribution in [0.3, 0.4) is 0 Å². The molecule has 2 N–H and O–H groups in total. The van der Waals surface area contributed by atoms with Gasteiger partial charge in [-0.2, -0.15) is 0 Å². The van der Waals surface area contributed by atoms with E-state index in [4.69, 9.17) is 9.84 Å². The van der Waals surface area contributed by atoms with Gasteiger partial charge in [-0.3, -0.25) is 4.79 Å². The Hall–Kier alpha value is -0.610. The molecule has 0 aromatic heterocycles. The molecule has 0 aliphatic heterocycles. The molecule has 0 aliphatic rings. The number of hydrogen-bond acceptors (Lipinski definition) is 4. The molecular weight excluding hydrogens is 146 g/mol. The molecule has 66 valence electrons. The van der Waals surface area contributed by atoms with Gasteiger partial charge in [0.2, 0.25) is 0 Å². The zero-order valence-electron chi connectivity index (χ0n) is 6.96. The Morgan fingerprint density at radius 1 is 1.73 bits per heavy atom. The molecule has 4 nitrogen and oxygen atoms in total. The summed E-state index contributed by atoms with van der Waals surface area (Å²) >= 11 is 0. The molecule has 0 amide bonds. The molecule has 0 saturated heterocycles. The number of hydrogen-bond donors (Lipinski definition) is 2. The van der Waals surface area contributed by atoms with E-state index in [-0.39, 0.29) is 18.6 Å². The minimum atomic E-state index is -0.331. The van der Waals surface area contributed by atoms with Crippen LogP contribution >= 0.6 is 0 Å². The molecule has 0 fully saturated rings. The first-order chi connectivity index (χ1) is 5.22. The van der Waals surface area contributed by atoms with Crippen molar-refractivity contribution >= 4 is 5.97 Å². The highest BCUT2D eigenvalue weighted by Crippen LogP contribution is 1.86. The lowest BCUT2D eigenvalue weighted by Gasteiger charge is -2.10. The van der Waals surface area contributed by atoms with Crippen LogP contribution in [0, 0.1) is 0 Å². The molecule has 4 heteroatoms. The molecule has 0 rings (SSSR count). The van der Waals surface area contributed by atoms with Crippen molar-refractivity contribution in [3.05, 3.63) is 0 Å². The van der Waals surface area contributed by atoms with Crippen molar-refractivity contribution in [2.24, 2.45) is 0 Å². The van der Waals surface area contributed by atoms with Crippen LogP contribution in [0.1, 0.15) is 13.8 Å². The topological polar surface area (TPSA) is 58.6 Å². The van der Waals surface area contributed by atoms with Gasteiger partial charge in [-0.05, 0) is 13.8 Å². The second-order valence-corrected chi connectivity index (χ2v) is 2.15. The quantitative estimate of drug-likeness (QED) is 0.535. The molecule has 0 aromatic carbocycles. The number of esters is 1.